The number of nitrogens with zero attached hydrogens (tertiary/aromatic N) is 1. The van der Waals surface area contributed by atoms with Crippen molar-refractivity contribution in [2.75, 3.05) is 13.1 Å². The number of rotatable bonds is 5. The summed E-state index contributed by atoms with van der Waals surface area (Å²) in [5, 5.41) is 3.42. The van der Waals surface area contributed by atoms with Crippen LogP contribution in [0.15, 0.2) is 0 Å². The average Bonchev–Trinajstić information content (AvgIpc) is 2.93. The highest BCUT2D eigenvalue weighted by Gasteiger charge is 2.42. The van der Waals surface area contributed by atoms with Crippen LogP contribution in [0.25, 0.3) is 0 Å². The third-order valence-corrected chi connectivity index (χ3v) is 4.22. The van der Waals surface area contributed by atoms with Crippen molar-refractivity contribution in [3.8, 4) is 0 Å². The summed E-state index contributed by atoms with van der Waals surface area (Å²) >= 11 is 0. The number of likely N-dealkylation sites (tertiary alicyclic amines) is 1. The van der Waals surface area contributed by atoms with Crippen molar-refractivity contribution in [2.24, 2.45) is 5.73 Å². The van der Waals surface area contributed by atoms with E-state index in [1.165, 1.54) is 25.7 Å². The molecular formula is C13H25N3O. The fourth-order valence-electron chi connectivity index (χ4n) is 2.71. The summed E-state index contributed by atoms with van der Waals surface area (Å²) in [5.74, 6) is -0.230. The van der Waals surface area contributed by atoms with Crippen LogP contribution >= 0.6 is 0 Å². The molecule has 98 valence electrons. The first kappa shape index (κ1) is 12.8. The summed E-state index contributed by atoms with van der Waals surface area (Å²) in [6.45, 7) is 8.24. The summed E-state index contributed by atoms with van der Waals surface area (Å²) in [6, 6.07) is 0.498. The van der Waals surface area contributed by atoms with Crippen molar-refractivity contribution in [1.29, 1.82) is 0 Å². The van der Waals surface area contributed by atoms with Gasteiger partial charge in [-0.3, -0.25) is 15.0 Å². The van der Waals surface area contributed by atoms with Crippen LogP contribution in [-0.2, 0) is 4.79 Å². The topological polar surface area (TPSA) is 58.4 Å². The maximum atomic E-state index is 11.7. The Balaban J connectivity index is 2.04. The molecule has 0 aromatic heterocycles. The second-order valence-electron chi connectivity index (χ2n) is 6.45. The molecule has 0 spiro atoms. The number of carbonyl (C=O) groups excluding carboxylic acids is 1. The highest BCUT2D eigenvalue weighted by molar-refractivity contribution is 5.84. The number of amides is 1. The highest BCUT2D eigenvalue weighted by Crippen LogP contribution is 2.30. The van der Waals surface area contributed by atoms with Gasteiger partial charge in [0.1, 0.15) is 5.54 Å². The standard InChI is InChI=1S/C13H25N3O/c1-12(2)7-4-8-16(12)9-13(3,11(14)17)15-10-5-6-10/h10,15H,4-9H2,1-3H3,(H2,14,17). The van der Waals surface area contributed by atoms with E-state index in [4.69, 9.17) is 5.73 Å². The van der Waals surface area contributed by atoms with E-state index in [1.807, 2.05) is 6.92 Å². The first-order valence-electron chi connectivity index (χ1n) is 6.66. The lowest BCUT2D eigenvalue weighted by atomic mass is 9.96. The summed E-state index contributed by atoms with van der Waals surface area (Å²) in [5.41, 5.74) is 5.20. The normalized spacial score (nSPS) is 27.9. The summed E-state index contributed by atoms with van der Waals surface area (Å²) in [6.07, 6.45) is 4.76. The van der Waals surface area contributed by atoms with Crippen LogP contribution in [0.5, 0.6) is 0 Å². The molecule has 1 atom stereocenters. The lowest BCUT2D eigenvalue weighted by Gasteiger charge is -2.39. The Morgan fingerprint density at radius 3 is 2.59 bits per heavy atom. The van der Waals surface area contributed by atoms with Gasteiger partial charge in [0, 0.05) is 18.1 Å². The Morgan fingerprint density at radius 2 is 2.18 bits per heavy atom. The molecule has 4 nitrogen and oxygen atoms in total. The van der Waals surface area contributed by atoms with E-state index >= 15 is 0 Å². The predicted molar refractivity (Wildman–Crippen MR) is 68.6 cm³/mol. The second kappa shape index (κ2) is 4.25. The third-order valence-electron chi connectivity index (χ3n) is 4.22. The maximum Gasteiger partial charge on any atom is 0.238 e. The zero-order valence-corrected chi connectivity index (χ0v) is 11.3. The minimum Gasteiger partial charge on any atom is -0.368 e. The van der Waals surface area contributed by atoms with Gasteiger partial charge < -0.3 is 5.73 Å². The second-order valence-corrected chi connectivity index (χ2v) is 6.45. The average molecular weight is 239 g/mol. The molecule has 3 N–H and O–H groups in total. The van der Waals surface area contributed by atoms with Crippen LogP contribution in [0, 0.1) is 0 Å². The van der Waals surface area contributed by atoms with Crippen LogP contribution in [0.1, 0.15) is 46.5 Å². The number of nitrogens with two attached hydrogens (primary N) is 1. The van der Waals surface area contributed by atoms with Gasteiger partial charge in [0.25, 0.3) is 0 Å². The quantitative estimate of drug-likeness (QED) is 0.748. The van der Waals surface area contributed by atoms with E-state index in [1.54, 1.807) is 0 Å². The molecule has 0 bridgehead atoms. The molecule has 17 heavy (non-hydrogen) atoms. The molecule has 2 aliphatic rings. The Bertz CT molecular complexity index is 312. The minimum absolute atomic E-state index is 0.196. The van der Waals surface area contributed by atoms with Crippen LogP contribution in [-0.4, -0.2) is 41.0 Å². The molecule has 0 radical (unpaired) electrons. The fraction of sp³-hybridized carbons (Fsp3) is 0.923. The smallest absolute Gasteiger partial charge is 0.238 e. The molecule has 4 heteroatoms. The number of hydrogen-bond acceptors (Lipinski definition) is 3. The third kappa shape index (κ3) is 2.80. The largest absolute Gasteiger partial charge is 0.368 e. The van der Waals surface area contributed by atoms with Crippen LogP contribution in [0.2, 0.25) is 0 Å². The minimum atomic E-state index is -0.581. The molecule has 0 aromatic carbocycles. The van der Waals surface area contributed by atoms with Crippen LogP contribution < -0.4 is 11.1 Å². The van der Waals surface area contributed by atoms with Gasteiger partial charge in [-0.2, -0.15) is 0 Å². The summed E-state index contributed by atoms with van der Waals surface area (Å²) in [7, 11) is 0. The summed E-state index contributed by atoms with van der Waals surface area (Å²) < 4.78 is 0. The van der Waals surface area contributed by atoms with Crippen molar-refractivity contribution in [3.63, 3.8) is 0 Å². The summed E-state index contributed by atoms with van der Waals surface area (Å²) in [4.78, 5) is 14.1. The van der Waals surface area contributed by atoms with Gasteiger partial charge in [0.05, 0.1) is 0 Å². The zero-order valence-electron chi connectivity index (χ0n) is 11.3. The zero-order chi connectivity index (χ0) is 12.7. The fourth-order valence-corrected chi connectivity index (χ4v) is 2.71. The number of primary amides is 1. The highest BCUT2D eigenvalue weighted by atomic mass is 16.1. The Morgan fingerprint density at radius 1 is 1.53 bits per heavy atom. The lowest BCUT2D eigenvalue weighted by molar-refractivity contribution is -0.125. The van der Waals surface area contributed by atoms with E-state index in [2.05, 4.69) is 24.1 Å². The van der Waals surface area contributed by atoms with Gasteiger partial charge in [0.2, 0.25) is 5.91 Å². The molecule has 1 saturated heterocycles. The molecule has 1 heterocycles. The van der Waals surface area contributed by atoms with Crippen molar-refractivity contribution in [3.05, 3.63) is 0 Å². The molecule has 1 aliphatic carbocycles. The van der Waals surface area contributed by atoms with E-state index in [0.29, 0.717) is 6.04 Å². The molecule has 1 unspecified atom stereocenters. The molecule has 2 rings (SSSR count). The van der Waals surface area contributed by atoms with Gasteiger partial charge in [-0.15, -0.1) is 0 Å². The number of hydrogen-bond donors (Lipinski definition) is 2. The van der Waals surface area contributed by atoms with E-state index < -0.39 is 5.54 Å². The van der Waals surface area contributed by atoms with Crippen LogP contribution in [0.3, 0.4) is 0 Å². The van der Waals surface area contributed by atoms with E-state index in [-0.39, 0.29) is 11.4 Å². The molecular weight excluding hydrogens is 214 g/mol. The molecule has 1 aliphatic heterocycles. The Labute approximate surface area is 104 Å². The van der Waals surface area contributed by atoms with Gasteiger partial charge in [-0.1, -0.05) is 0 Å². The first-order chi connectivity index (χ1) is 7.83. The predicted octanol–water partition coefficient (Wildman–Crippen LogP) is 0.857. The number of nitrogens with one attached hydrogen (secondary N) is 1. The van der Waals surface area contributed by atoms with Gasteiger partial charge in [0.15, 0.2) is 0 Å². The maximum absolute atomic E-state index is 11.7. The van der Waals surface area contributed by atoms with Crippen molar-refractivity contribution in [1.82, 2.24) is 10.2 Å². The van der Waals surface area contributed by atoms with Crippen molar-refractivity contribution < 1.29 is 4.79 Å². The first-order valence-corrected chi connectivity index (χ1v) is 6.66. The van der Waals surface area contributed by atoms with Crippen molar-refractivity contribution >= 4 is 5.91 Å². The monoisotopic (exact) mass is 239 g/mol. The Kier molecular flexibility index (Phi) is 3.21. The van der Waals surface area contributed by atoms with Gasteiger partial charge >= 0.3 is 0 Å². The molecule has 1 saturated carbocycles. The molecule has 1 amide bonds. The lowest BCUT2D eigenvalue weighted by Crippen LogP contribution is -2.61. The van der Waals surface area contributed by atoms with E-state index in [0.717, 1.165) is 13.1 Å². The SMILES string of the molecule is CC(CN1CCCC1(C)C)(NC1CC1)C(N)=O. The van der Waals surface area contributed by atoms with Crippen LogP contribution in [0.4, 0.5) is 0 Å². The molecule has 0 aromatic rings. The van der Waals surface area contributed by atoms with Crippen molar-refractivity contribution in [2.45, 2.75) is 63.6 Å². The van der Waals surface area contributed by atoms with E-state index in [9.17, 15) is 4.79 Å². The van der Waals surface area contributed by atoms with Gasteiger partial charge in [-0.05, 0) is 53.0 Å². The number of carbonyl (C=O) groups is 1. The van der Waals surface area contributed by atoms with Gasteiger partial charge in [-0.25, -0.2) is 0 Å². The Hall–Kier alpha value is -0.610. The molecule has 2 fully saturated rings.